The zero-order valence-electron chi connectivity index (χ0n) is 8.59. The van der Waals surface area contributed by atoms with E-state index >= 15 is 0 Å². The van der Waals surface area contributed by atoms with Crippen molar-refractivity contribution in [2.45, 2.75) is 41.0 Å². The first-order valence-corrected chi connectivity index (χ1v) is 5.04. The summed E-state index contributed by atoms with van der Waals surface area (Å²) in [5.74, 6) is 4.67. The van der Waals surface area contributed by atoms with Crippen LogP contribution in [0.15, 0.2) is 0 Å². The summed E-state index contributed by atoms with van der Waals surface area (Å²) < 4.78 is 0. The van der Waals surface area contributed by atoms with Gasteiger partial charge in [-0.2, -0.15) is 0 Å². The molecule has 0 aliphatic heterocycles. The highest BCUT2D eigenvalue weighted by molar-refractivity contribution is 4.82. The van der Waals surface area contributed by atoms with Crippen LogP contribution in [-0.2, 0) is 0 Å². The Kier molecular flexibility index (Phi) is 2.61. The van der Waals surface area contributed by atoms with Gasteiger partial charge in [-0.25, -0.2) is 0 Å². The van der Waals surface area contributed by atoms with Crippen molar-refractivity contribution in [3.63, 3.8) is 0 Å². The van der Waals surface area contributed by atoms with E-state index in [2.05, 4.69) is 34.6 Å². The molecule has 0 aromatic carbocycles. The average Bonchev–Trinajstić information content (AvgIpc) is 1.97. The van der Waals surface area contributed by atoms with Crippen molar-refractivity contribution in [1.82, 2.24) is 0 Å². The minimum absolute atomic E-state index is 0.925. The van der Waals surface area contributed by atoms with Crippen molar-refractivity contribution < 1.29 is 0 Å². The molecule has 1 fully saturated rings. The Morgan fingerprint density at radius 3 is 1.36 bits per heavy atom. The minimum atomic E-state index is 0.925. The molecular weight excluding hydrogens is 132 g/mol. The third kappa shape index (κ3) is 1.60. The molecule has 5 atom stereocenters. The van der Waals surface area contributed by atoms with Crippen molar-refractivity contribution >= 4 is 0 Å². The van der Waals surface area contributed by atoms with Gasteiger partial charge >= 0.3 is 0 Å². The molecule has 66 valence electrons. The Morgan fingerprint density at radius 2 is 1.00 bits per heavy atom. The highest BCUT2D eigenvalue weighted by atomic mass is 14.4. The van der Waals surface area contributed by atoms with Gasteiger partial charge in [-0.05, 0) is 36.0 Å². The van der Waals surface area contributed by atoms with Crippen LogP contribution in [0.25, 0.3) is 0 Å². The third-order valence-corrected chi connectivity index (χ3v) is 4.20. The van der Waals surface area contributed by atoms with Crippen LogP contribution in [0.5, 0.6) is 0 Å². The molecule has 0 nitrogen and oxygen atoms in total. The van der Waals surface area contributed by atoms with Crippen LogP contribution < -0.4 is 0 Å². The maximum atomic E-state index is 2.42. The summed E-state index contributed by atoms with van der Waals surface area (Å²) in [5.41, 5.74) is 0. The van der Waals surface area contributed by atoms with Crippen LogP contribution >= 0.6 is 0 Å². The van der Waals surface area contributed by atoms with Gasteiger partial charge in [-0.3, -0.25) is 0 Å². The quantitative estimate of drug-likeness (QED) is 0.500. The van der Waals surface area contributed by atoms with Gasteiger partial charge < -0.3 is 0 Å². The van der Waals surface area contributed by atoms with Gasteiger partial charge in [0.2, 0.25) is 0 Å². The normalized spacial score (nSPS) is 52.6. The summed E-state index contributed by atoms with van der Waals surface area (Å²) in [6.45, 7) is 12.1. The molecule has 1 rings (SSSR count). The van der Waals surface area contributed by atoms with Gasteiger partial charge in [-0.15, -0.1) is 0 Å². The second-order valence-corrected chi connectivity index (χ2v) is 4.77. The maximum absolute atomic E-state index is 2.42. The van der Waals surface area contributed by atoms with Crippen LogP contribution in [0.2, 0.25) is 0 Å². The average molecular weight is 154 g/mol. The highest BCUT2D eigenvalue weighted by Crippen LogP contribution is 2.41. The molecule has 0 aromatic heterocycles. The van der Waals surface area contributed by atoms with E-state index in [-0.39, 0.29) is 0 Å². The van der Waals surface area contributed by atoms with Crippen LogP contribution in [0.3, 0.4) is 0 Å². The van der Waals surface area contributed by atoms with E-state index in [1.807, 2.05) is 0 Å². The van der Waals surface area contributed by atoms with Gasteiger partial charge in [0, 0.05) is 0 Å². The number of rotatable bonds is 0. The molecule has 0 N–H and O–H groups in total. The molecule has 2 unspecified atom stereocenters. The second kappa shape index (κ2) is 3.16. The van der Waals surface area contributed by atoms with Crippen molar-refractivity contribution in [2.24, 2.45) is 29.6 Å². The predicted octanol–water partition coefficient (Wildman–Crippen LogP) is 3.57. The van der Waals surface area contributed by atoms with Gasteiger partial charge in [0.25, 0.3) is 0 Å². The molecule has 1 aliphatic rings. The number of hydrogen-bond acceptors (Lipinski definition) is 0. The summed E-state index contributed by atoms with van der Waals surface area (Å²) in [7, 11) is 0. The van der Waals surface area contributed by atoms with Crippen LogP contribution in [0, 0.1) is 29.6 Å². The van der Waals surface area contributed by atoms with Crippen LogP contribution in [0.4, 0.5) is 0 Å². The molecule has 0 heterocycles. The highest BCUT2D eigenvalue weighted by Gasteiger charge is 2.33. The van der Waals surface area contributed by atoms with Crippen molar-refractivity contribution in [3.05, 3.63) is 0 Å². The van der Waals surface area contributed by atoms with E-state index in [1.54, 1.807) is 0 Å². The molecule has 0 heteroatoms. The number of hydrogen-bond donors (Lipinski definition) is 0. The summed E-state index contributed by atoms with van der Waals surface area (Å²) in [5, 5.41) is 0. The topological polar surface area (TPSA) is 0 Å². The zero-order valence-corrected chi connectivity index (χ0v) is 8.59. The van der Waals surface area contributed by atoms with E-state index in [1.165, 1.54) is 6.42 Å². The standard InChI is InChI=1S/C11H22/c1-7-6-8(2)10(4)11(5)9(7)3/h7-11H,6H2,1-5H3/t7-,8?,9-,10+,11?/m1/s1. The van der Waals surface area contributed by atoms with Gasteiger partial charge in [0.05, 0.1) is 0 Å². The largest absolute Gasteiger partial charge is 0.0622 e. The maximum Gasteiger partial charge on any atom is -0.0386 e. The lowest BCUT2D eigenvalue weighted by Crippen LogP contribution is -2.33. The van der Waals surface area contributed by atoms with E-state index < -0.39 is 0 Å². The zero-order chi connectivity index (χ0) is 8.59. The molecule has 0 aromatic rings. The lowest BCUT2D eigenvalue weighted by atomic mass is 9.65. The molecule has 1 saturated carbocycles. The lowest BCUT2D eigenvalue weighted by molar-refractivity contribution is 0.0855. The Balaban J connectivity index is 2.63. The fourth-order valence-corrected chi connectivity index (χ4v) is 2.53. The van der Waals surface area contributed by atoms with E-state index in [0.717, 1.165) is 29.6 Å². The van der Waals surface area contributed by atoms with Crippen LogP contribution in [-0.4, -0.2) is 0 Å². The molecule has 0 bridgehead atoms. The third-order valence-electron chi connectivity index (χ3n) is 4.20. The molecular formula is C11H22. The van der Waals surface area contributed by atoms with Gasteiger partial charge in [0.1, 0.15) is 0 Å². The fraction of sp³-hybridized carbons (Fsp3) is 1.00. The van der Waals surface area contributed by atoms with Crippen molar-refractivity contribution in [3.8, 4) is 0 Å². The summed E-state index contributed by atoms with van der Waals surface area (Å²) in [6.07, 6.45) is 1.44. The first-order valence-electron chi connectivity index (χ1n) is 5.04. The first kappa shape index (κ1) is 9.09. The minimum Gasteiger partial charge on any atom is -0.0622 e. The van der Waals surface area contributed by atoms with Crippen molar-refractivity contribution in [2.75, 3.05) is 0 Å². The summed E-state index contributed by atoms with van der Waals surface area (Å²) >= 11 is 0. The molecule has 1 aliphatic carbocycles. The Bertz CT molecular complexity index is 114. The molecule has 11 heavy (non-hydrogen) atoms. The molecule has 0 amide bonds. The predicted molar refractivity (Wildman–Crippen MR) is 50.4 cm³/mol. The first-order chi connectivity index (χ1) is 5.04. The monoisotopic (exact) mass is 154 g/mol. The Morgan fingerprint density at radius 1 is 0.636 bits per heavy atom. The summed E-state index contributed by atoms with van der Waals surface area (Å²) in [6, 6.07) is 0. The van der Waals surface area contributed by atoms with Crippen molar-refractivity contribution in [1.29, 1.82) is 0 Å². The van der Waals surface area contributed by atoms with Gasteiger partial charge in [-0.1, -0.05) is 34.6 Å². The summed E-state index contributed by atoms with van der Waals surface area (Å²) in [4.78, 5) is 0. The fourth-order valence-electron chi connectivity index (χ4n) is 2.53. The molecule has 0 saturated heterocycles. The Hall–Kier alpha value is 0. The smallest absolute Gasteiger partial charge is 0.0386 e. The van der Waals surface area contributed by atoms with Gasteiger partial charge in [0.15, 0.2) is 0 Å². The van der Waals surface area contributed by atoms with E-state index in [4.69, 9.17) is 0 Å². The molecule has 0 radical (unpaired) electrons. The van der Waals surface area contributed by atoms with Crippen LogP contribution in [0.1, 0.15) is 41.0 Å². The Labute approximate surface area is 71.4 Å². The van der Waals surface area contributed by atoms with E-state index in [9.17, 15) is 0 Å². The SMILES string of the molecule is CC1C[C@@H](C)[C@@H](C)C(C)[C@H]1C. The van der Waals surface area contributed by atoms with E-state index in [0.29, 0.717) is 0 Å². The second-order valence-electron chi connectivity index (χ2n) is 4.77. The molecule has 0 spiro atoms. The lowest BCUT2D eigenvalue weighted by Gasteiger charge is -2.41.